The molecular weight excluding hydrogens is 312 g/mol. The molecule has 0 bridgehead atoms. The summed E-state index contributed by atoms with van der Waals surface area (Å²) in [4.78, 5) is 8.33. The van der Waals surface area contributed by atoms with E-state index >= 15 is 0 Å². The third-order valence-corrected chi connectivity index (χ3v) is 3.75. The number of aromatic nitrogens is 4. The minimum absolute atomic E-state index is 0.762. The average molecular weight is 338 g/mol. The smallest absolute Gasteiger partial charge is 0.149 e. The molecule has 0 spiro atoms. The summed E-state index contributed by atoms with van der Waals surface area (Å²) in [5.74, 6) is 0.801. The van der Waals surface area contributed by atoms with Gasteiger partial charge in [-0.1, -0.05) is 24.8 Å². The number of hydrogen-bond acceptors (Lipinski definition) is 4. The molecule has 0 radical (unpaired) electrons. The van der Waals surface area contributed by atoms with E-state index < -0.39 is 0 Å². The topological polar surface area (TPSA) is 60.0 Å². The van der Waals surface area contributed by atoms with Gasteiger partial charge < -0.3 is 9.88 Å². The van der Waals surface area contributed by atoms with Crippen LogP contribution >= 0.6 is 0 Å². The van der Waals surface area contributed by atoms with Gasteiger partial charge in [0.25, 0.3) is 0 Å². The van der Waals surface area contributed by atoms with Crippen LogP contribution in [0.4, 0.5) is 5.82 Å². The molecule has 25 heavy (non-hydrogen) atoms. The summed E-state index contributed by atoms with van der Waals surface area (Å²) in [7, 11) is 1.75. The van der Waals surface area contributed by atoms with Gasteiger partial charge in [-0.2, -0.15) is 0 Å². The van der Waals surface area contributed by atoms with Gasteiger partial charge in [0.05, 0.1) is 12.0 Å². The lowest BCUT2D eigenvalue weighted by molar-refractivity contribution is 0.658. The normalized spacial score (nSPS) is 12.8. The number of hydrogen-bond donors (Lipinski definition) is 1. The van der Waals surface area contributed by atoms with Crippen LogP contribution in [0, 0.1) is 0 Å². The van der Waals surface area contributed by atoms with Crippen LogP contribution in [0.5, 0.6) is 0 Å². The first-order valence-electron chi connectivity index (χ1n) is 8.41. The predicted molar refractivity (Wildman–Crippen MR) is 103 cm³/mol. The fourth-order valence-corrected chi connectivity index (χ4v) is 2.44. The second-order valence-electron chi connectivity index (χ2n) is 5.48. The lowest BCUT2D eigenvalue weighted by atomic mass is 10.2. The van der Waals surface area contributed by atoms with Crippen molar-refractivity contribution in [2.24, 2.45) is 4.99 Å². The number of rotatable bonds is 8. The van der Waals surface area contributed by atoms with Gasteiger partial charge in [-0.05, 0) is 38.0 Å². The molecule has 0 amide bonds. The first-order valence-corrected chi connectivity index (χ1v) is 8.41. The zero-order valence-electron chi connectivity index (χ0n) is 15.2. The van der Waals surface area contributed by atoms with E-state index in [2.05, 4.69) is 31.5 Å². The van der Waals surface area contributed by atoms with Crippen molar-refractivity contribution < 1.29 is 0 Å². The number of imidazole rings is 1. The van der Waals surface area contributed by atoms with E-state index in [-0.39, 0.29) is 0 Å². The van der Waals surface area contributed by atoms with E-state index in [0.717, 1.165) is 42.1 Å². The highest BCUT2D eigenvalue weighted by atomic mass is 15.3. The minimum atomic E-state index is 0.762. The van der Waals surface area contributed by atoms with Crippen LogP contribution in [0.15, 0.2) is 66.2 Å². The van der Waals surface area contributed by atoms with Gasteiger partial charge >= 0.3 is 0 Å². The number of nitrogens with one attached hydrogen (secondary N) is 1. The monoisotopic (exact) mass is 338 g/mol. The number of allylic oxidation sites excluding steroid dienone is 5. The molecule has 0 fully saturated rings. The maximum Gasteiger partial charge on any atom is 0.149 e. The Hall–Kier alpha value is -2.89. The van der Waals surface area contributed by atoms with Crippen molar-refractivity contribution in [2.75, 3.05) is 18.9 Å². The third kappa shape index (κ3) is 5.04. The van der Waals surface area contributed by atoms with Crippen molar-refractivity contribution in [2.45, 2.75) is 26.8 Å². The molecule has 0 aliphatic carbocycles. The summed E-state index contributed by atoms with van der Waals surface area (Å²) in [5, 5.41) is 8.00. The summed E-state index contributed by atoms with van der Waals surface area (Å²) in [6.07, 6.45) is 12.6. The maximum absolute atomic E-state index is 4.65. The van der Waals surface area contributed by atoms with Gasteiger partial charge in [0, 0.05) is 32.5 Å². The van der Waals surface area contributed by atoms with Crippen LogP contribution in [0.2, 0.25) is 0 Å². The molecule has 1 N–H and O–H groups in total. The Balaban J connectivity index is 2.09. The summed E-state index contributed by atoms with van der Waals surface area (Å²) in [5.41, 5.74) is 2.57. The molecule has 132 valence electrons. The van der Waals surface area contributed by atoms with Crippen LogP contribution in [-0.2, 0) is 6.54 Å². The quantitative estimate of drug-likeness (QED) is 0.594. The zero-order chi connectivity index (χ0) is 18.1. The number of aryl methyl sites for hydroxylation is 1. The molecule has 0 unspecified atom stereocenters. The molecule has 0 saturated heterocycles. The van der Waals surface area contributed by atoms with E-state index in [4.69, 9.17) is 0 Å². The van der Waals surface area contributed by atoms with E-state index in [1.54, 1.807) is 17.9 Å². The summed E-state index contributed by atoms with van der Waals surface area (Å²) in [6, 6.07) is 3.88. The van der Waals surface area contributed by atoms with Crippen molar-refractivity contribution in [1.82, 2.24) is 19.3 Å². The molecule has 2 rings (SSSR count). The highest BCUT2D eigenvalue weighted by Crippen LogP contribution is 2.13. The Morgan fingerprint density at radius 2 is 2.20 bits per heavy atom. The lowest BCUT2D eigenvalue weighted by Gasteiger charge is -2.13. The standard InChI is InChI=1S/C19H26N6/c1-5-8-17(6-2)16(3)25-19(20-4)10-9-18(23-25)22-11-7-13-24-14-12-21-15-24/h5-6,8-10,12,14-15H,3,7,11,13H2,1-2,4H3,(H,22,23)/b8-5-,17-6+,20-19?. The number of nitrogens with zero attached hydrogens (tertiary/aromatic N) is 5. The van der Waals surface area contributed by atoms with Crippen molar-refractivity contribution in [3.05, 3.63) is 66.7 Å². The number of anilines is 1. The van der Waals surface area contributed by atoms with Crippen molar-refractivity contribution in [3.63, 3.8) is 0 Å². The van der Waals surface area contributed by atoms with Crippen LogP contribution in [0.3, 0.4) is 0 Å². The largest absolute Gasteiger partial charge is 0.369 e. The fourth-order valence-electron chi connectivity index (χ4n) is 2.44. The average Bonchev–Trinajstić information content (AvgIpc) is 3.16. The van der Waals surface area contributed by atoms with E-state index in [1.807, 2.05) is 56.7 Å². The molecule has 0 aliphatic rings. The lowest BCUT2D eigenvalue weighted by Crippen LogP contribution is -2.24. The summed E-state index contributed by atoms with van der Waals surface area (Å²) < 4.78 is 3.83. The molecule has 0 aromatic carbocycles. The van der Waals surface area contributed by atoms with Crippen molar-refractivity contribution >= 4 is 11.5 Å². The molecule has 6 heteroatoms. The Morgan fingerprint density at radius 1 is 1.36 bits per heavy atom. The van der Waals surface area contributed by atoms with Gasteiger partial charge in [-0.25, -0.2) is 9.67 Å². The zero-order valence-corrected chi connectivity index (χ0v) is 15.2. The second-order valence-corrected chi connectivity index (χ2v) is 5.48. The van der Waals surface area contributed by atoms with Gasteiger partial charge in [-0.15, -0.1) is 5.10 Å². The van der Waals surface area contributed by atoms with Crippen LogP contribution < -0.4 is 10.8 Å². The molecule has 0 atom stereocenters. The Morgan fingerprint density at radius 3 is 2.84 bits per heavy atom. The molecule has 2 aromatic rings. The van der Waals surface area contributed by atoms with E-state index in [0.29, 0.717) is 0 Å². The van der Waals surface area contributed by atoms with Crippen LogP contribution in [0.25, 0.3) is 5.70 Å². The Labute approximate surface area is 149 Å². The van der Waals surface area contributed by atoms with Crippen LogP contribution in [-0.4, -0.2) is 32.9 Å². The van der Waals surface area contributed by atoms with Gasteiger partial charge in [0.1, 0.15) is 11.3 Å². The Kier molecular flexibility index (Phi) is 6.95. The maximum atomic E-state index is 4.65. The fraction of sp³-hybridized carbons (Fsp3) is 0.316. The van der Waals surface area contributed by atoms with Gasteiger partial charge in [0.15, 0.2) is 0 Å². The van der Waals surface area contributed by atoms with Gasteiger partial charge in [-0.3, -0.25) is 4.99 Å². The first kappa shape index (κ1) is 18.4. The van der Waals surface area contributed by atoms with E-state index in [1.165, 1.54) is 0 Å². The highest BCUT2D eigenvalue weighted by molar-refractivity contribution is 5.65. The molecule has 6 nitrogen and oxygen atoms in total. The summed E-state index contributed by atoms with van der Waals surface area (Å²) in [6.45, 7) is 9.90. The summed E-state index contributed by atoms with van der Waals surface area (Å²) >= 11 is 0. The SMILES string of the molecule is C=C(C(/C=C\C)=C/C)n1nc(NCCCn2ccnc2)ccc1=NC. The van der Waals surface area contributed by atoms with E-state index in [9.17, 15) is 0 Å². The predicted octanol–water partition coefficient (Wildman–Crippen LogP) is 3.11. The first-order chi connectivity index (χ1) is 12.2. The third-order valence-electron chi connectivity index (χ3n) is 3.75. The second kappa shape index (κ2) is 9.42. The molecule has 2 heterocycles. The van der Waals surface area contributed by atoms with Gasteiger partial charge in [0.2, 0.25) is 0 Å². The van der Waals surface area contributed by atoms with Crippen molar-refractivity contribution in [3.8, 4) is 0 Å². The molecule has 0 saturated carbocycles. The van der Waals surface area contributed by atoms with Crippen LogP contribution in [0.1, 0.15) is 20.3 Å². The molecule has 2 aromatic heterocycles. The van der Waals surface area contributed by atoms with Crippen molar-refractivity contribution in [1.29, 1.82) is 0 Å². The highest BCUT2D eigenvalue weighted by Gasteiger charge is 2.05. The molecule has 0 aliphatic heterocycles. The molecular formula is C19H26N6. The Bertz CT molecular complexity index is 809. The minimum Gasteiger partial charge on any atom is -0.369 e.